The highest BCUT2D eigenvalue weighted by molar-refractivity contribution is 5.79. The highest BCUT2D eigenvalue weighted by atomic mass is 19.1. The monoisotopic (exact) mass is 252 g/mol. The van der Waals surface area contributed by atoms with E-state index >= 15 is 0 Å². The van der Waals surface area contributed by atoms with Crippen LogP contribution in [0.15, 0.2) is 24.3 Å². The molecule has 2 rings (SSSR count). The van der Waals surface area contributed by atoms with E-state index in [1.54, 1.807) is 25.3 Å². The molecule has 1 unspecified atom stereocenters. The Hall–Kier alpha value is -1.46. The number of hydrogen-bond donors (Lipinski definition) is 2. The Morgan fingerprint density at radius 2 is 2.28 bits per heavy atom. The summed E-state index contributed by atoms with van der Waals surface area (Å²) in [5.41, 5.74) is 0.412. The molecule has 2 atom stereocenters. The molecule has 0 radical (unpaired) electrons. The molecule has 1 fully saturated rings. The van der Waals surface area contributed by atoms with Gasteiger partial charge in [-0.25, -0.2) is 4.39 Å². The molecular formula is C13H17FN2O2. The van der Waals surface area contributed by atoms with Crippen LogP contribution in [-0.4, -0.2) is 38.3 Å². The van der Waals surface area contributed by atoms with Crippen molar-refractivity contribution in [1.29, 1.82) is 0 Å². The molecule has 0 bridgehead atoms. The predicted molar refractivity (Wildman–Crippen MR) is 65.7 cm³/mol. The van der Waals surface area contributed by atoms with Gasteiger partial charge in [-0.2, -0.15) is 0 Å². The molecule has 4 nitrogen and oxygen atoms in total. The van der Waals surface area contributed by atoms with Gasteiger partial charge in [0.2, 0.25) is 5.91 Å². The van der Waals surface area contributed by atoms with E-state index in [1.807, 2.05) is 0 Å². The Balaban J connectivity index is 1.91. The van der Waals surface area contributed by atoms with Crippen LogP contribution in [0.25, 0.3) is 0 Å². The van der Waals surface area contributed by atoms with Crippen molar-refractivity contribution in [2.45, 2.75) is 18.6 Å². The fourth-order valence-electron chi connectivity index (χ4n) is 2.12. The van der Waals surface area contributed by atoms with E-state index < -0.39 is 0 Å². The zero-order chi connectivity index (χ0) is 13.0. The van der Waals surface area contributed by atoms with E-state index in [2.05, 4.69) is 10.6 Å². The van der Waals surface area contributed by atoms with Crippen LogP contribution >= 0.6 is 0 Å². The van der Waals surface area contributed by atoms with Crippen molar-refractivity contribution in [3.8, 4) is 0 Å². The van der Waals surface area contributed by atoms with Gasteiger partial charge in [-0.1, -0.05) is 18.2 Å². The van der Waals surface area contributed by atoms with Crippen molar-refractivity contribution < 1.29 is 13.9 Å². The molecule has 1 aliphatic rings. The number of carbonyl (C=O) groups excluding carboxylic acids is 1. The Morgan fingerprint density at radius 3 is 3.00 bits per heavy atom. The number of halogens is 1. The topological polar surface area (TPSA) is 50.4 Å². The van der Waals surface area contributed by atoms with Crippen LogP contribution in [-0.2, 0) is 16.0 Å². The van der Waals surface area contributed by atoms with Gasteiger partial charge in [-0.15, -0.1) is 0 Å². The van der Waals surface area contributed by atoms with E-state index in [1.165, 1.54) is 6.07 Å². The molecule has 2 N–H and O–H groups in total. The molecule has 5 heteroatoms. The van der Waals surface area contributed by atoms with Gasteiger partial charge in [-0.3, -0.25) is 4.79 Å². The van der Waals surface area contributed by atoms with Crippen molar-refractivity contribution in [1.82, 2.24) is 10.6 Å². The molecule has 0 aliphatic carbocycles. The molecule has 1 aliphatic heterocycles. The van der Waals surface area contributed by atoms with Gasteiger partial charge in [-0.05, 0) is 11.6 Å². The van der Waals surface area contributed by atoms with Crippen LogP contribution < -0.4 is 10.6 Å². The average Bonchev–Trinajstić information content (AvgIpc) is 2.79. The number of benzene rings is 1. The first-order chi connectivity index (χ1) is 8.70. The Kier molecular flexibility index (Phi) is 4.28. The lowest BCUT2D eigenvalue weighted by Crippen LogP contribution is -2.44. The molecule has 18 heavy (non-hydrogen) atoms. The summed E-state index contributed by atoms with van der Waals surface area (Å²) in [7, 11) is 1.62. The second-order valence-corrected chi connectivity index (χ2v) is 4.37. The zero-order valence-corrected chi connectivity index (χ0v) is 10.3. The molecule has 1 aromatic rings. The van der Waals surface area contributed by atoms with Crippen LogP contribution in [0.5, 0.6) is 0 Å². The van der Waals surface area contributed by atoms with Crippen molar-refractivity contribution >= 4 is 5.91 Å². The normalized spacial score (nSPS) is 23.0. The smallest absolute Gasteiger partial charge is 0.224 e. The first-order valence-electron chi connectivity index (χ1n) is 5.97. The van der Waals surface area contributed by atoms with Gasteiger partial charge in [0, 0.05) is 20.2 Å². The second kappa shape index (κ2) is 5.93. The number of rotatable bonds is 4. The minimum Gasteiger partial charge on any atom is -0.378 e. The number of carbonyl (C=O) groups is 1. The SMILES string of the molecule is CO[C@H]1CNCC1NC(=O)Cc1ccccc1F. The third-order valence-electron chi connectivity index (χ3n) is 3.12. The van der Waals surface area contributed by atoms with E-state index in [-0.39, 0.29) is 30.3 Å². The van der Waals surface area contributed by atoms with Gasteiger partial charge >= 0.3 is 0 Å². The van der Waals surface area contributed by atoms with Crippen LogP contribution in [0.3, 0.4) is 0 Å². The molecule has 0 spiro atoms. The standard InChI is InChI=1S/C13H17FN2O2/c1-18-12-8-15-7-11(12)16-13(17)6-9-4-2-3-5-10(9)14/h2-5,11-12,15H,6-8H2,1H3,(H,16,17)/t11?,12-/m0/s1. The van der Waals surface area contributed by atoms with Crippen LogP contribution in [0.2, 0.25) is 0 Å². The molecular weight excluding hydrogens is 235 g/mol. The summed E-state index contributed by atoms with van der Waals surface area (Å²) < 4.78 is 18.6. The number of amides is 1. The lowest BCUT2D eigenvalue weighted by Gasteiger charge is -2.18. The lowest BCUT2D eigenvalue weighted by molar-refractivity contribution is -0.121. The van der Waals surface area contributed by atoms with Crippen molar-refractivity contribution in [3.63, 3.8) is 0 Å². The predicted octanol–water partition coefficient (Wildman–Crippen LogP) is 0.471. The fourth-order valence-corrected chi connectivity index (χ4v) is 2.12. The molecule has 98 valence electrons. The first kappa shape index (κ1) is 13.0. The fraction of sp³-hybridized carbons (Fsp3) is 0.462. The first-order valence-corrected chi connectivity index (χ1v) is 5.97. The van der Waals surface area contributed by atoms with Crippen molar-refractivity contribution in [2.75, 3.05) is 20.2 Å². The van der Waals surface area contributed by atoms with Crippen LogP contribution in [0, 0.1) is 5.82 Å². The summed E-state index contributed by atoms with van der Waals surface area (Å²) in [5, 5.41) is 6.00. The Bertz CT molecular complexity index is 425. The molecule has 0 saturated carbocycles. The van der Waals surface area contributed by atoms with Gasteiger partial charge in [0.15, 0.2) is 0 Å². The largest absolute Gasteiger partial charge is 0.378 e. The Morgan fingerprint density at radius 1 is 1.50 bits per heavy atom. The number of ether oxygens (including phenoxy) is 1. The van der Waals surface area contributed by atoms with Gasteiger partial charge in [0.05, 0.1) is 18.6 Å². The highest BCUT2D eigenvalue weighted by Crippen LogP contribution is 2.08. The molecule has 0 aromatic heterocycles. The van der Waals surface area contributed by atoms with Crippen molar-refractivity contribution in [3.05, 3.63) is 35.6 Å². The third-order valence-corrected chi connectivity index (χ3v) is 3.12. The van der Waals surface area contributed by atoms with Gasteiger partial charge < -0.3 is 15.4 Å². The molecule has 1 saturated heterocycles. The third kappa shape index (κ3) is 3.05. The zero-order valence-electron chi connectivity index (χ0n) is 10.3. The number of nitrogens with one attached hydrogen (secondary N) is 2. The maximum Gasteiger partial charge on any atom is 0.224 e. The highest BCUT2D eigenvalue weighted by Gasteiger charge is 2.28. The summed E-state index contributed by atoms with van der Waals surface area (Å²) >= 11 is 0. The quantitative estimate of drug-likeness (QED) is 0.819. The summed E-state index contributed by atoms with van der Waals surface area (Å²) in [5.74, 6) is -0.531. The maximum atomic E-state index is 13.4. The molecule has 1 amide bonds. The number of methoxy groups -OCH3 is 1. The van der Waals surface area contributed by atoms with E-state index in [4.69, 9.17) is 4.74 Å². The molecule has 1 aromatic carbocycles. The second-order valence-electron chi connectivity index (χ2n) is 4.37. The Labute approximate surface area is 106 Å². The van der Waals surface area contributed by atoms with Gasteiger partial charge in [0.1, 0.15) is 5.82 Å². The van der Waals surface area contributed by atoms with Crippen molar-refractivity contribution in [2.24, 2.45) is 0 Å². The van der Waals surface area contributed by atoms with E-state index in [0.717, 1.165) is 6.54 Å². The minimum absolute atomic E-state index is 0.0189. The number of hydrogen-bond acceptors (Lipinski definition) is 3. The van der Waals surface area contributed by atoms with Crippen LogP contribution in [0.4, 0.5) is 4.39 Å². The summed E-state index contributed by atoms with van der Waals surface area (Å²) in [6.07, 6.45) is 0.0362. The van der Waals surface area contributed by atoms with E-state index in [0.29, 0.717) is 12.1 Å². The lowest BCUT2D eigenvalue weighted by atomic mass is 10.1. The maximum absolute atomic E-state index is 13.4. The summed E-state index contributed by atoms with van der Waals surface area (Å²) in [4.78, 5) is 11.8. The average molecular weight is 252 g/mol. The van der Waals surface area contributed by atoms with Crippen LogP contribution in [0.1, 0.15) is 5.56 Å². The van der Waals surface area contributed by atoms with Gasteiger partial charge in [0.25, 0.3) is 0 Å². The summed E-state index contributed by atoms with van der Waals surface area (Å²) in [6, 6.07) is 6.27. The van der Waals surface area contributed by atoms with E-state index in [9.17, 15) is 9.18 Å². The molecule has 1 heterocycles. The summed E-state index contributed by atoms with van der Waals surface area (Å²) in [6.45, 7) is 1.41. The minimum atomic E-state index is -0.347.